The molecule has 0 aromatic heterocycles. The molecule has 1 aromatic rings. The van der Waals surface area contributed by atoms with E-state index in [1.54, 1.807) is 19.0 Å². The van der Waals surface area contributed by atoms with Gasteiger partial charge in [-0.05, 0) is 18.9 Å². The molecule has 17 heavy (non-hydrogen) atoms. The minimum Gasteiger partial charge on any atom is -0.365 e. The fourth-order valence-electron chi connectivity index (χ4n) is 2.06. The number of ether oxygens (including phenoxy) is 1. The highest BCUT2D eigenvalue weighted by Crippen LogP contribution is 2.43. The van der Waals surface area contributed by atoms with Gasteiger partial charge in [-0.1, -0.05) is 30.3 Å². The summed E-state index contributed by atoms with van der Waals surface area (Å²) >= 11 is 0. The van der Waals surface area contributed by atoms with Crippen LogP contribution in [0, 0.1) is 0 Å². The van der Waals surface area contributed by atoms with Gasteiger partial charge < -0.3 is 9.64 Å². The highest BCUT2D eigenvalue weighted by molar-refractivity contribution is 5.80. The van der Waals surface area contributed by atoms with Crippen LogP contribution >= 0.6 is 0 Å². The van der Waals surface area contributed by atoms with Crippen LogP contribution in [0.15, 0.2) is 30.3 Å². The van der Waals surface area contributed by atoms with E-state index in [9.17, 15) is 4.79 Å². The number of carbonyl (C=O) groups is 1. The molecule has 0 radical (unpaired) electrons. The molecule has 0 bridgehead atoms. The van der Waals surface area contributed by atoms with Crippen molar-refractivity contribution in [2.24, 2.45) is 0 Å². The number of rotatable bonds is 4. The van der Waals surface area contributed by atoms with Gasteiger partial charge in [0.05, 0.1) is 6.10 Å². The Morgan fingerprint density at radius 3 is 2.59 bits per heavy atom. The molecule has 2 rings (SSSR count). The molecule has 0 spiro atoms. The Morgan fingerprint density at radius 1 is 1.35 bits per heavy atom. The van der Waals surface area contributed by atoms with E-state index < -0.39 is 0 Å². The maximum atomic E-state index is 11.7. The molecule has 1 fully saturated rings. The second-order valence-electron chi connectivity index (χ2n) is 4.80. The van der Waals surface area contributed by atoms with E-state index in [-0.39, 0.29) is 18.1 Å². The van der Waals surface area contributed by atoms with E-state index >= 15 is 0 Å². The average Bonchev–Trinajstić information content (AvgIpc) is 3.08. The summed E-state index contributed by atoms with van der Waals surface area (Å²) in [6.45, 7) is 1.82. The van der Waals surface area contributed by atoms with Crippen molar-refractivity contribution < 1.29 is 9.53 Å². The monoisotopic (exact) mass is 233 g/mol. The van der Waals surface area contributed by atoms with Crippen molar-refractivity contribution in [3.05, 3.63) is 35.9 Å². The quantitative estimate of drug-likeness (QED) is 0.796. The van der Waals surface area contributed by atoms with Gasteiger partial charge in [-0.3, -0.25) is 4.79 Å². The third-order valence-corrected chi connectivity index (χ3v) is 3.13. The number of hydrogen-bond acceptors (Lipinski definition) is 2. The molecule has 3 heteroatoms. The normalized spacial score (nSPS) is 24.2. The van der Waals surface area contributed by atoms with Crippen molar-refractivity contribution in [3.8, 4) is 0 Å². The van der Waals surface area contributed by atoms with Gasteiger partial charge in [0.15, 0.2) is 0 Å². The first-order chi connectivity index (χ1) is 8.09. The first-order valence-electron chi connectivity index (χ1n) is 6.01. The Hall–Kier alpha value is -1.35. The van der Waals surface area contributed by atoms with Crippen molar-refractivity contribution in [2.75, 3.05) is 14.1 Å². The maximum absolute atomic E-state index is 11.7. The lowest BCUT2D eigenvalue weighted by molar-refractivity contribution is -0.140. The van der Waals surface area contributed by atoms with Crippen molar-refractivity contribution in [3.63, 3.8) is 0 Å². The van der Waals surface area contributed by atoms with Crippen LogP contribution in [0.25, 0.3) is 0 Å². The lowest BCUT2D eigenvalue weighted by Crippen LogP contribution is -2.34. The first-order valence-corrected chi connectivity index (χ1v) is 6.01. The number of hydrogen-bond donors (Lipinski definition) is 0. The van der Waals surface area contributed by atoms with E-state index in [1.165, 1.54) is 5.56 Å². The lowest BCUT2D eigenvalue weighted by Gasteiger charge is -2.17. The van der Waals surface area contributed by atoms with Gasteiger partial charge in [-0.15, -0.1) is 0 Å². The maximum Gasteiger partial charge on any atom is 0.250 e. The van der Waals surface area contributed by atoms with E-state index in [0.29, 0.717) is 5.92 Å². The predicted octanol–water partition coefficient (Wildman–Crippen LogP) is 2.04. The summed E-state index contributed by atoms with van der Waals surface area (Å²) in [5.74, 6) is 0.498. The zero-order valence-electron chi connectivity index (χ0n) is 10.6. The van der Waals surface area contributed by atoms with Gasteiger partial charge >= 0.3 is 0 Å². The molecule has 1 aliphatic carbocycles. The van der Waals surface area contributed by atoms with Crippen LogP contribution in [0.5, 0.6) is 0 Å². The molecule has 1 aromatic carbocycles. The van der Waals surface area contributed by atoms with Crippen molar-refractivity contribution in [1.82, 2.24) is 4.90 Å². The molecule has 2 unspecified atom stereocenters. The molecule has 0 N–H and O–H groups in total. The Kier molecular flexibility index (Phi) is 3.48. The van der Waals surface area contributed by atoms with E-state index in [0.717, 1.165) is 6.42 Å². The predicted molar refractivity (Wildman–Crippen MR) is 66.8 cm³/mol. The van der Waals surface area contributed by atoms with E-state index in [2.05, 4.69) is 12.1 Å². The van der Waals surface area contributed by atoms with Crippen LogP contribution in [-0.4, -0.2) is 37.1 Å². The Morgan fingerprint density at radius 2 is 2.00 bits per heavy atom. The van der Waals surface area contributed by atoms with Gasteiger partial charge in [-0.2, -0.15) is 0 Å². The summed E-state index contributed by atoms with van der Waals surface area (Å²) in [6, 6.07) is 10.3. The molecule has 1 aliphatic rings. The SMILES string of the molecule is CC(OC1C[C@@H]1c1ccccc1)C(=O)N(C)C. The molecular weight excluding hydrogens is 214 g/mol. The fraction of sp³-hybridized carbons (Fsp3) is 0.500. The number of amides is 1. The first kappa shape index (κ1) is 12.1. The van der Waals surface area contributed by atoms with E-state index in [1.807, 2.05) is 25.1 Å². The number of nitrogens with zero attached hydrogens (tertiary/aromatic N) is 1. The van der Waals surface area contributed by atoms with Gasteiger partial charge in [0, 0.05) is 20.0 Å². The largest absolute Gasteiger partial charge is 0.365 e. The minimum absolute atomic E-state index is 0.0312. The molecule has 0 aliphatic heterocycles. The highest BCUT2D eigenvalue weighted by atomic mass is 16.5. The third kappa shape index (κ3) is 2.86. The molecule has 1 amide bonds. The zero-order valence-corrected chi connectivity index (χ0v) is 10.6. The minimum atomic E-state index is -0.344. The van der Waals surface area contributed by atoms with Crippen molar-refractivity contribution >= 4 is 5.91 Å². The average molecular weight is 233 g/mol. The van der Waals surface area contributed by atoms with Crippen LogP contribution in [0.3, 0.4) is 0 Å². The fourth-order valence-corrected chi connectivity index (χ4v) is 2.06. The molecule has 3 atom stereocenters. The number of likely N-dealkylation sites (N-methyl/N-ethyl adjacent to an activating group) is 1. The van der Waals surface area contributed by atoms with Crippen LogP contribution < -0.4 is 0 Å². The Bertz CT molecular complexity index is 388. The van der Waals surface area contributed by atoms with Crippen LogP contribution in [0.4, 0.5) is 0 Å². The smallest absolute Gasteiger partial charge is 0.250 e. The third-order valence-electron chi connectivity index (χ3n) is 3.13. The molecule has 1 saturated carbocycles. The van der Waals surface area contributed by atoms with Crippen LogP contribution in [0.2, 0.25) is 0 Å². The Labute approximate surface area is 102 Å². The second kappa shape index (κ2) is 4.88. The van der Waals surface area contributed by atoms with Crippen LogP contribution in [0.1, 0.15) is 24.8 Å². The van der Waals surface area contributed by atoms with Gasteiger partial charge in [0.25, 0.3) is 5.91 Å². The molecular formula is C14H19NO2. The topological polar surface area (TPSA) is 29.5 Å². The summed E-state index contributed by atoms with van der Waals surface area (Å²) in [5, 5.41) is 0. The van der Waals surface area contributed by atoms with Crippen LogP contribution in [-0.2, 0) is 9.53 Å². The highest BCUT2D eigenvalue weighted by Gasteiger charge is 2.41. The summed E-state index contributed by atoms with van der Waals surface area (Å²) in [7, 11) is 3.51. The molecule has 3 nitrogen and oxygen atoms in total. The van der Waals surface area contributed by atoms with Gasteiger partial charge in [-0.25, -0.2) is 0 Å². The standard InChI is InChI=1S/C14H19NO2/c1-10(14(16)15(2)3)17-13-9-12(13)11-7-5-4-6-8-11/h4-8,10,12-13H,9H2,1-3H3/t10?,12-,13?/m1/s1. The van der Waals surface area contributed by atoms with Crippen molar-refractivity contribution in [2.45, 2.75) is 31.5 Å². The zero-order chi connectivity index (χ0) is 12.4. The van der Waals surface area contributed by atoms with Gasteiger partial charge in [0.2, 0.25) is 0 Å². The summed E-state index contributed by atoms with van der Waals surface area (Å²) in [4.78, 5) is 13.2. The summed E-state index contributed by atoms with van der Waals surface area (Å²) < 4.78 is 5.76. The summed E-state index contributed by atoms with van der Waals surface area (Å²) in [5.41, 5.74) is 1.31. The van der Waals surface area contributed by atoms with Gasteiger partial charge in [0.1, 0.15) is 6.10 Å². The summed E-state index contributed by atoms with van der Waals surface area (Å²) in [6.07, 6.45) is 0.884. The number of carbonyl (C=O) groups excluding carboxylic acids is 1. The van der Waals surface area contributed by atoms with E-state index in [4.69, 9.17) is 4.74 Å². The molecule has 0 heterocycles. The lowest BCUT2D eigenvalue weighted by atomic mass is 10.1. The van der Waals surface area contributed by atoms with Crippen molar-refractivity contribution in [1.29, 1.82) is 0 Å². The molecule has 92 valence electrons. The number of benzene rings is 1. The molecule has 0 saturated heterocycles. The second-order valence-corrected chi connectivity index (χ2v) is 4.80. The Balaban J connectivity index is 1.86.